The molecule has 2 rings (SSSR count). The lowest BCUT2D eigenvalue weighted by molar-refractivity contribution is -0.274. The lowest BCUT2D eigenvalue weighted by Gasteiger charge is -2.14. The van der Waals surface area contributed by atoms with E-state index >= 15 is 0 Å². The topological polar surface area (TPSA) is 18.5 Å². The van der Waals surface area contributed by atoms with Gasteiger partial charge in [0.05, 0.1) is 12.7 Å². The van der Waals surface area contributed by atoms with Crippen molar-refractivity contribution in [2.45, 2.75) is 12.8 Å². The van der Waals surface area contributed by atoms with Crippen LogP contribution in [0.25, 0.3) is 11.1 Å². The molecule has 0 saturated carbocycles. The Kier molecular flexibility index (Phi) is 4.54. The molecule has 7 heteroatoms. The molecule has 2 aromatic carbocycles. The van der Waals surface area contributed by atoms with Crippen molar-refractivity contribution in [3.63, 3.8) is 0 Å². The summed E-state index contributed by atoms with van der Waals surface area (Å²) in [5.74, 6) is -0.402. The molecule has 0 amide bonds. The highest BCUT2D eigenvalue weighted by Gasteiger charge is 2.31. The number of hydrogen-bond acceptors (Lipinski definition) is 2. The molecule has 0 aromatic heterocycles. The molecule has 2 aromatic rings. The van der Waals surface area contributed by atoms with Gasteiger partial charge in [0.15, 0.2) is 0 Å². The monoisotopic (exact) mass is 318 g/mol. The van der Waals surface area contributed by atoms with E-state index < -0.39 is 18.5 Å². The van der Waals surface area contributed by atoms with Gasteiger partial charge < -0.3 is 9.47 Å². The van der Waals surface area contributed by atoms with Gasteiger partial charge in [-0.3, -0.25) is 0 Å². The summed E-state index contributed by atoms with van der Waals surface area (Å²) in [5.41, 5.74) is 0.214. The maximum Gasteiger partial charge on any atom is 0.573 e. The average molecular weight is 318 g/mol. The van der Waals surface area contributed by atoms with Crippen LogP contribution in [0.1, 0.15) is 12.0 Å². The number of benzene rings is 2. The van der Waals surface area contributed by atoms with Crippen LogP contribution in [-0.4, -0.2) is 13.5 Å². The normalized spacial score (nSPS) is 11.6. The maximum atomic E-state index is 13.2. The van der Waals surface area contributed by atoms with Crippen molar-refractivity contribution in [2.75, 3.05) is 7.11 Å². The molecule has 0 radical (unpaired) electrons. The highest BCUT2D eigenvalue weighted by atomic mass is 19.4. The first-order valence-corrected chi connectivity index (χ1v) is 6.13. The summed E-state index contributed by atoms with van der Waals surface area (Å²) in [7, 11) is 1.27. The van der Waals surface area contributed by atoms with Crippen LogP contribution in [0.2, 0.25) is 0 Å². The number of methoxy groups -OCH3 is 1. The molecule has 118 valence electrons. The van der Waals surface area contributed by atoms with Crippen LogP contribution >= 0.6 is 0 Å². The van der Waals surface area contributed by atoms with Gasteiger partial charge in [0.25, 0.3) is 6.43 Å². The molecule has 0 heterocycles. The van der Waals surface area contributed by atoms with Gasteiger partial charge in [0.1, 0.15) is 11.5 Å². The van der Waals surface area contributed by atoms with E-state index in [0.717, 1.165) is 12.1 Å². The molecule has 0 atom stereocenters. The number of ether oxygens (including phenoxy) is 2. The van der Waals surface area contributed by atoms with Crippen LogP contribution in [0.15, 0.2) is 42.5 Å². The Balaban J connectivity index is 2.40. The van der Waals surface area contributed by atoms with Gasteiger partial charge in [-0.2, -0.15) is 0 Å². The lowest BCUT2D eigenvalue weighted by Crippen LogP contribution is -2.16. The van der Waals surface area contributed by atoms with Crippen molar-refractivity contribution in [1.29, 1.82) is 0 Å². The van der Waals surface area contributed by atoms with Gasteiger partial charge in [-0.25, -0.2) is 8.78 Å². The first-order valence-electron chi connectivity index (χ1n) is 6.13. The summed E-state index contributed by atoms with van der Waals surface area (Å²) in [5, 5.41) is 0. The molecule has 0 saturated heterocycles. The zero-order valence-corrected chi connectivity index (χ0v) is 11.3. The van der Waals surface area contributed by atoms with Crippen molar-refractivity contribution < 1.29 is 31.4 Å². The standard InChI is InChI=1S/C15H11F5O2/c1-21-12-4-2-3-11(13(12)14(16)17)9-5-7-10(8-6-9)22-15(18,19)20/h2-8,14H,1H3. The van der Waals surface area contributed by atoms with E-state index in [4.69, 9.17) is 4.74 Å². The van der Waals surface area contributed by atoms with Crippen molar-refractivity contribution >= 4 is 0 Å². The molecule has 0 aliphatic heterocycles. The Morgan fingerprint density at radius 3 is 2.09 bits per heavy atom. The fourth-order valence-corrected chi connectivity index (χ4v) is 2.03. The Labute approximate surface area is 123 Å². The molecule has 0 unspecified atom stereocenters. The van der Waals surface area contributed by atoms with Crippen molar-refractivity contribution in [1.82, 2.24) is 0 Å². The van der Waals surface area contributed by atoms with Gasteiger partial charge in [0, 0.05) is 0 Å². The second-order valence-electron chi connectivity index (χ2n) is 4.29. The van der Waals surface area contributed by atoms with Crippen LogP contribution in [0.5, 0.6) is 11.5 Å². The first kappa shape index (κ1) is 16.1. The quantitative estimate of drug-likeness (QED) is 0.722. The molecule has 2 nitrogen and oxygen atoms in total. The van der Waals surface area contributed by atoms with Gasteiger partial charge in [0.2, 0.25) is 0 Å². The minimum absolute atomic E-state index is 0.0168. The summed E-state index contributed by atoms with van der Waals surface area (Å²) < 4.78 is 71.4. The van der Waals surface area contributed by atoms with Crippen LogP contribution in [0, 0.1) is 0 Å². The van der Waals surface area contributed by atoms with Crippen LogP contribution < -0.4 is 9.47 Å². The van der Waals surface area contributed by atoms with Gasteiger partial charge >= 0.3 is 6.36 Å². The predicted molar refractivity (Wildman–Crippen MR) is 70.1 cm³/mol. The van der Waals surface area contributed by atoms with E-state index in [0.29, 0.717) is 5.56 Å². The summed E-state index contributed by atoms with van der Waals surface area (Å²) in [6, 6.07) is 9.06. The van der Waals surface area contributed by atoms with Crippen molar-refractivity contribution in [3.8, 4) is 22.6 Å². The fourth-order valence-electron chi connectivity index (χ4n) is 2.03. The second kappa shape index (κ2) is 6.21. The van der Waals surface area contributed by atoms with Crippen LogP contribution in [0.4, 0.5) is 22.0 Å². The Hall–Kier alpha value is -2.31. The highest BCUT2D eigenvalue weighted by molar-refractivity contribution is 5.71. The molecule has 0 spiro atoms. The van der Waals surface area contributed by atoms with Crippen LogP contribution in [0.3, 0.4) is 0 Å². The summed E-state index contributed by atoms with van der Waals surface area (Å²) in [4.78, 5) is 0. The van der Waals surface area contributed by atoms with E-state index in [1.165, 1.54) is 37.4 Å². The summed E-state index contributed by atoms with van der Waals surface area (Å²) >= 11 is 0. The minimum atomic E-state index is -4.80. The predicted octanol–water partition coefficient (Wildman–Crippen LogP) is 5.20. The first-order chi connectivity index (χ1) is 10.3. The van der Waals surface area contributed by atoms with Crippen molar-refractivity contribution in [3.05, 3.63) is 48.0 Å². The third kappa shape index (κ3) is 3.66. The molecule has 0 fully saturated rings. The number of hydrogen-bond donors (Lipinski definition) is 0. The summed E-state index contributed by atoms with van der Waals surface area (Å²) in [6.45, 7) is 0. The van der Waals surface area contributed by atoms with E-state index in [1.54, 1.807) is 0 Å². The highest BCUT2D eigenvalue weighted by Crippen LogP contribution is 2.38. The third-order valence-corrected chi connectivity index (χ3v) is 2.90. The van der Waals surface area contributed by atoms with E-state index in [2.05, 4.69) is 4.74 Å². The molecular formula is C15H11F5O2. The van der Waals surface area contributed by atoms with Gasteiger partial charge in [-0.15, -0.1) is 13.2 Å². The van der Waals surface area contributed by atoms with Crippen LogP contribution in [-0.2, 0) is 0 Å². The minimum Gasteiger partial charge on any atom is -0.496 e. The number of alkyl halides is 5. The zero-order chi connectivity index (χ0) is 16.3. The molecule has 0 N–H and O–H groups in total. The Morgan fingerprint density at radius 2 is 1.59 bits per heavy atom. The smallest absolute Gasteiger partial charge is 0.496 e. The lowest BCUT2D eigenvalue weighted by atomic mass is 9.99. The number of halogens is 5. The SMILES string of the molecule is COc1cccc(-c2ccc(OC(F)(F)F)cc2)c1C(F)F. The Bertz CT molecular complexity index is 635. The zero-order valence-electron chi connectivity index (χ0n) is 11.3. The molecule has 0 aliphatic rings. The summed E-state index contributed by atoms with van der Waals surface area (Å²) in [6.07, 6.45) is -7.58. The van der Waals surface area contributed by atoms with Crippen molar-refractivity contribution in [2.24, 2.45) is 0 Å². The van der Waals surface area contributed by atoms with Gasteiger partial charge in [-0.1, -0.05) is 24.3 Å². The van der Waals surface area contributed by atoms with E-state index in [1.807, 2.05) is 0 Å². The second-order valence-corrected chi connectivity index (χ2v) is 4.29. The molecular weight excluding hydrogens is 307 g/mol. The van der Waals surface area contributed by atoms with Gasteiger partial charge in [-0.05, 0) is 29.3 Å². The average Bonchev–Trinajstić information content (AvgIpc) is 2.45. The molecule has 0 bridgehead atoms. The van der Waals surface area contributed by atoms with E-state index in [9.17, 15) is 22.0 Å². The largest absolute Gasteiger partial charge is 0.573 e. The molecule has 22 heavy (non-hydrogen) atoms. The number of rotatable bonds is 4. The molecule has 0 aliphatic carbocycles. The maximum absolute atomic E-state index is 13.2. The third-order valence-electron chi connectivity index (χ3n) is 2.90. The Morgan fingerprint density at radius 1 is 0.955 bits per heavy atom. The fraction of sp³-hybridized carbons (Fsp3) is 0.200. The van der Waals surface area contributed by atoms with E-state index in [-0.39, 0.29) is 16.9 Å².